The zero-order valence-corrected chi connectivity index (χ0v) is 12.5. The fourth-order valence-electron chi connectivity index (χ4n) is 2.80. The van der Waals surface area contributed by atoms with Crippen LogP contribution in [0.2, 0.25) is 0 Å². The lowest BCUT2D eigenvalue weighted by Crippen LogP contribution is -2.39. The van der Waals surface area contributed by atoms with Gasteiger partial charge in [0.05, 0.1) is 12.8 Å². The van der Waals surface area contributed by atoms with Crippen molar-refractivity contribution >= 4 is 0 Å². The third-order valence-electron chi connectivity index (χ3n) is 4.11. The molecule has 0 saturated heterocycles. The molecule has 0 spiro atoms. The third kappa shape index (κ3) is 3.39. The number of ether oxygens (including phenoxy) is 1. The molecule has 1 heterocycles. The van der Waals surface area contributed by atoms with E-state index in [1.165, 1.54) is 18.4 Å². The molecule has 0 bridgehead atoms. The Morgan fingerprint density at radius 2 is 2.14 bits per heavy atom. The lowest BCUT2D eigenvalue weighted by atomic mass is 9.76. The molecule has 4 heteroatoms. The summed E-state index contributed by atoms with van der Waals surface area (Å²) >= 11 is 0. The van der Waals surface area contributed by atoms with E-state index in [-0.39, 0.29) is 0 Å². The Morgan fingerprint density at radius 3 is 2.90 bits per heavy atom. The number of aromatic nitrogens is 2. The molecule has 2 aromatic rings. The van der Waals surface area contributed by atoms with Gasteiger partial charge in [-0.15, -0.1) is 0 Å². The van der Waals surface area contributed by atoms with Gasteiger partial charge in [0.1, 0.15) is 11.6 Å². The summed E-state index contributed by atoms with van der Waals surface area (Å²) in [6, 6.07) is 11.0. The van der Waals surface area contributed by atoms with Gasteiger partial charge in [-0.25, -0.2) is 9.97 Å². The fourth-order valence-corrected chi connectivity index (χ4v) is 2.80. The Morgan fingerprint density at radius 1 is 1.29 bits per heavy atom. The Labute approximate surface area is 125 Å². The number of aryl methyl sites for hydroxylation is 1. The maximum Gasteiger partial charge on any atom is 0.125 e. The molecule has 0 aliphatic heterocycles. The van der Waals surface area contributed by atoms with E-state index >= 15 is 0 Å². The van der Waals surface area contributed by atoms with E-state index in [1.807, 2.05) is 25.3 Å². The topological polar surface area (TPSA) is 47.0 Å². The first-order valence-electron chi connectivity index (χ1n) is 7.40. The number of hydrogen-bond donors (Lipinski definition) is 1. The summed E-state index contributed by atoms with van der Waals surface area (Å²) in [5.74, 6) is 2.42. The second-order valence-electron chi connectivity index (χ2n) is 5.62. The van der Waals surface area contributed by atoms with Crippen molar-refractivity contribution in [3.05, 3.63) is 53.6 Å². The molecule has 1 aliphatic rings. The van der Waals surface area contributed by atoms with Gasteiger partial charge >= 0.3 is 0 Å². The van der Waals surface area contributed by atoms with E-state index in [4.69, 9.17) is 4.74 Å². The molecule has 3 rings (SSSR count). The summed E-state index contributed by atoms with van der Waals surface area (Å²) in [6.07, 6.45) is 4.17. The van der Waals surface area contributed by atoms with Crippen LogP contribution in [-0.4, -0.2) is 23.1 Å². The van der Waals surface area contributed by atoms with Crippen LogP contribution >= 0.6 is 0 Å². The van der Waals surface area contributed by atoms with Crippen molar-refractivity contribution in [2.24, 2.45) is 0 Å². The molecule has 4 nitrogen and oxygen atoms in total. The van der Waals surface area contributed by atoms with Crippen molar-refractivity contribution in [3.63, 3.8) is 0 Å². The predicted molar refractivity (Wildman–Crippen MR) is 82.4 cm³/mol. The SMILES string of the molecule is COc1cccc(C2CC(NCc3ccnc(C)n3)C2)c1. The highest BCUT2D eigenvalue weighted by molar-refractivity contribution is 5.32. The zero-order chi connectivity index (χ0) is 14.7. The van der Waals surface area contributed by atoms with Gasteiger partial charge in [0.15, 0.2) is 0 Å². The molecule has 21 heavy (non-hydrogen) atoms. The van der Waals surface area contributed by atoms with Gasteiger partial charge in [0.25, 0.3) is 0 Å². The molecule has 0 amide bonds. The molecule has 0 unspecified atom stereocenters. The van der Waals surface area contributed by atoms with Crippen LogP contribution in [0.1, 0.15) is 35.8 Å². The van der Waals surface area contributed by atoms with Crippen LogP contribution in [0.4, 0.5) is 0 Å². The first-order chi connectivity index (χ1) is 10.2. The molecule has 1 aromatic heterocycles. The number of methoxy groups -OCH3 is 1. The summed E-state index contributed by atoms with van der Waals surface area (Å²) in [6.45, 7) is 2.74. The second-order valence-corrected chi connectivity index (χ2v) is 5.62. The number of rotatable bonds is 5. The lowest BCUT2D eigenvalue weighted by molar-refractivity contribution is 0.287. The first-order valence-corrected chi connectivity index (χ1v) is 7.40. The third-order valence-corrected chi connectivity index (χ3v) is 4.11. The van der Waals surface area contributed by atoms with E-state index in [1.54, 1.807) is 7.11 Å². The summed E-state index contributed by atoms with van der Waals surface area (Å²) in [4.78, 5) is 8.53. The van der Waals surface area contributed by atoms with Crippen LogP contribution < -0.4 is 10.1 Å². The van der Waals surface area contributed by atoms with Crippen molar-refractivity contribution < 1.29 is 4.74 Å². The molecular formula is C17H21N3O. The average Bonchev–Trinajstić information content (AvgIpc) is 2.46. The lowest BCUT2D eigenvalue weighted by Gasteiger charge is -2.36. The van der Waals surface area contributed by atoms with Gasteiger partial charge in [-0.2, -0.15) is 0 Å². The minimum Gasteiger partial charge on any atom is -0.497 e. The summed E-state index contributed by atoms with van der Waals surface area (Å²) in [5, 5.41) is 3.57. The Hall–Kier alpha value is -1.94. The summed E-state index contributed by atoms with van der Waals surface area (Å²) < 4.78 is 5.29. The smallest absolute Gasteiger partial charge is 0.125 e. The Bertz CT molecular complexity index is 608. The largest absolute Gasteiger partial charge is 0.497 e. The van der Waals surface area contributed by atoms with Crippen LogP contribution in [-0.2, 0) is 6.54 Å². The summed E-state index contributed by atoms with van der Waals surface area (Å²) in [7, 11) is 1.72. The number of hydrogen-bond acceptors (Lipinski definition) is 4. The maximum atomic E-state index is 5.29. The minimum absolute atomic E-state index is 0.580. The van der Waals surface area contributed by atoms with Gasteiger partial charge in [0.2, 0.25) is 0 Å². The van der Waals surface area contributed by atoms with Crippen LogP contribution in [0.5, 0.6) is 5.75 Å². The van der Waals surface area contributed by atoms with E-state index < -0.39 is 0 Å². The van der Waals surface area contributed by atoms with E-state index in [2.05, 4.69) is 33.5 Å². The summed E-state index contributed by atoms with van der Waals surface area (Å²) in [5.41, 5.74) is 2.44. The van der Waals surface area contributed by atoms with Crippen LogP contribution in [0.15, 0.2) is 36.5 Å². The Balaban J connectivity index is 1.49. The van der Waals surface area contributed by atoms with E-state index in [9.17, 15) is 0 Å². The zero-order valence-electron chi connectivity index (χ0n) is 12.5. The van der Waals surface area contributed by atoms with E-state index in [0.29, 0.717) is 12.0 Å². The maximum absolute atomic E-state index is 5.29. The standard InChI is InChI=1S/C17H21N3O/c1-12-18-7-6-15(20-12)11-19-16-8-14(9-16)13-4-3-5-17(10-13)21-2/h3-7,10,14,16,19H,8-9,11H2,1-2H3. The van der Waals surface area contributed by atoms with Gasteiger partial charge in [0, 0.05) is 18.8 Å². The monoisotopic (exact) mass is 283 g/mol. The minimum atomic E-state index is 0.580. The molecule has 110 valence electrons. The Kier molecular flexibility index (Phi) is 4.15. The fraction of sp³-hybridized carbons (Fsp3) is 0.412. The van der Waals surface area contributed by atoms with Gasteiger partial charge < -0.3 is 10.1 Å². The van der Waals surface area contributed by atoms with Crippen molar-refractivity contribution in [1.29, 1.82) is 0 Å². The van der Waals surface area contributed by atoms with Crippen molar-refractivity contribution in [2.45, 2.75) is 38.3 Å². The van der Waals surface area contributed by atoms with E-state index in [0.717, 1.165) is 23.8 Å². The second kappa shape index (κ2) is 6.22. The predicted octanol–water partition coefficient (Wildman–Crippen LogP) is 2.83. The molecule has 1 N–H and O–H groups in total. The first kappa shape index (κ1) is 14.0. The van der Waals surface area contributed by atoms with Gasteiger partial charge in [-0.3, -0.25) is 0 Å². The molecule has 1 fully saturated rings. The van der Waals surface area contributed by atoms with Crippen molar-refractivity contribution in [2.75, 3.05) is 7.11 Å². The number of benzene rings is 1. The highest BCUT2D eigenvalue weighted by Crippen LogP contribution is 2.37. The average molecular weight is 283 g/mol. The van der Waals surface area contributed by atoms with Gasteiger partial charge in [-0.1, -0.05) is 12.1 Å². The highest BCUT2D eigenvalue weighted by Gasteiger charge is 2.30. The molecule has 1 saturated carbocycles. The number of nitrogens with one attached hydrogen (secondary N) is 1. The normalized spacial score (nSPS) is 20.9. The van der Waals surface area contributed by atoms with Gasteiger partial charge in [-0.05, 0) is 49.4 Å². The molecule has 0 radical (unpaired) electrons. The van der Waals surface area contributed by atoms with Crippen LogP contribution in [0.25, 0.3) is 0 Å². The molecular weight excluding hydrogens is 262 g/mol. The molecule has 1 aromatic carbocycles. The highest BCUT2D eigenvalue weighted by atomic mass is 16.5. The number of nitrogens with zero attached hydrogens (tertiary/aromatic N) is 2. The van der Waals surface area contributed by atoms with Crippen LogP contribution in [0, 0.1) is 6.92 Å². The molecule has 0 atom stereocenters. The van der Waals surface area contributed by atoms with Crippen molar-refractivity contribution in [1.82, 2.24) is 15.3 Å². The quantitative estimate of drug-likeness (QED) is 0.916. The van der Waals surface area contributed by atoms with Crippen LogP contribution in [0.3, 0.4) is 0 Å². The molecule has 1 aliphatic carbocycles. The van der Waals surface area contributed by atoms with Crippen molar-refractivity contribution in [3.8, 4) is 5.75 Å².